The number of aliphatic hydroxyl groups is 1. The van der Waals surface area contributed by atoms with Crippen molar-refractivity contribution < 1.29 is 19.4 Å². The van der Waals surface area contributed by atoms with Gasteiger partial charge in [-0.25, -0.2) is 0 Å². The van der Waals surface area contributed by atoms with E-state index in [4.69, 9.17) is 20.3 Å². The molecule has 0 spiro atoms. The van der Waals surface area contributed by atoms with Crippen molar-refractivity contribution >= 4 is 11.6 Å². The van der Waals surface area contributed by atoms with Crippen LogP contribution in [0.5, 0.6) is 5.75 Å². The first-order chi connectivity index (χ1) is 9.13. The van der Waals surface area contributed by atoms with Crippen LogP contribution >= 0.6 is 0 Å². The molecule has 0 saturated carbocycles. The van der Waals surface area contributed by atoms with Crippen molar-refractivity contribution in [3.8, 4) is 5.75 Å². The van der Waals surface area contributed by atoms with Gasteiger partial charge in [-0.2, -0.15) is 0 Å². The van der Waals surface area contributed by atoms with E-state index in [0.29, 0.717) is 30.0 Å². The summed E-state index contributed by atoms with van der Waals surface area (Å²) in [6.07, 6.45) is 0.421. The summed E-state index contributed by atoms with van der Waals surface area (Å²) in [7, 11) is 3.00. The maximum absolute atomic E-state index is 12.2. The van der Waals surface area contributed by atoms with Crippen molar-refractivity contribution in [2.45, 2.75) is 12.5 Å². The molecular weight excluding hydrogens is 248 g/mol. The normalized spacial score (nSPS) is 11.9. The van der Waals surface area contributed by atoms with Crippen LogP contribution in [0.25, 0.3) is 0 Å². The maximum Gasteiger partial charge on any atom is 0.255 e. The molecule has 1 aromatic rings. The van der Waals surface area contributed by atoms with E-state index in [-0.39, 0.29) is 18.6 Å². The summed E-state index contributed by atoms with van der Waals surface area (Å²) in [5.41, 5.74) is 6.51. The molecule has 1 rings (SSSR count). The number of carbonyl (C=O) groups excluding carboxylic acids is 1. The number of methoxy groups -OCH3 is 2. The van der Waals surface area contributed by atoms with Crippen LogP contribution in [0, 0.1) is 0 Å². The lowest BCUT2D eigenvalue weighted by atomic mass is 10.1. The number of hydrogen-bond donors (Lipinski definition) is 3. The minimum Gasteiger partial charge on any atom is -0.494 e. The number of hydrogen-bond acceptors (Lipinski definition) is 5. The molecule has 0 fully saturated rings. The van der Waals surface area contributed by atoms with Crippen molar-refractivity contribution in [1.29, 1.82) is 0 Å². The van der Waals surface area contributed by atoms with Gasteiger partial charge in [-0.3, -0.25) is 4.79 Å². The number of para-hydroxylation sites is 1. The maximum atomic E-state index is 12.2. The zero-order valence-electron chi connectivity index (χ0n) is 11.2. The van der Waals surface area contributed by atoms with Crippen molar-refractivity contribution in [2.75, 3.05) is 33.2 Å². The van der Waals surface area contributed by atoms with Gasteiger partial charge in [-0.15, -0.1) is 0 Å². The minimum atomic E-state index is -0.306. The second-order valence-electron chi connectivity index (χ2n) is 4.07. The van der Waals surface area contributed by atoms with Crippen LogP contribution in [0.4, 0.5) is 5.69 Å². The molecule has 0 saturated heterocycles. The smallest absolute Gasteiger partial charge is 0.255 e. The number of benzene rings is 1. The number of nitrogens with two attached hydrogens (primary N) is 1. The van der Waals surface area contributed by atoms with Crippen LogP contribution < -0.4 is 15.8 Å². The molecule has 6 nitrogen and oxygen atoms in total. The summed E-state index contributed by atoms with van der Waals surface area (Å²) in [6.45, 7) is 0.305. The summed E-state index contributed by atoms with van der Waals surface area (Å²) in [5, 5.41) is 11.7. The molecule has 0 bridgehead atoms. The first-order valence-electron chi connectivity index (χ1n) is 5.97. The lowest BCUT2D eigenvalue weighted by Crippen LogP contribution is -2.38. The van der Waals surface area contributed by atoms with E-state index in [9.17, 15) is 4.79 Å². The van der Waals surface area contributed by atoms with Crippen LogP contribution in [0.15, 0.2) is 18.2 Å². The van der Waals surface area contributed by atoms with Gasteiger partial charge in [0, 0.05) is 13.7 Å². The number of nitrogens with one attached hydrogen (secondary N) is 1. The number of aliphatic hydroxyl groups excluding tert-OH is 1. The second kappa shape index (κ2) is 7.60. The Morgan fingerprint density at radius 1 is 1.47 bits per heavy atom. The van der Waals surface area contributed by atoms with Crippen LogP contribution in [0.2, 0.25) is 0 Å². The zero-order valence-corrected chi connectivity index (χ0v) is 11.2. The standard InChI is InChI=1S/C13H20N2O4/c1-18-8-9(6-7-16)15-13(17)10-4-3-5-11(14)12(10)19-2/h3-5,9,16H,6-8,14H2,1-2H3,(H,15,17). The molecule has 1 unspecified atom stereocenters. The highest BCUT2D eigenvalue weighted by Crippen LogP contribution is 2.25. The van der Waals surface area contributed by atoms with Gasteiger partial charge in [0.1, 0.15) is 0 Å². The molecule has 0 radical (unpaired) electrons. The van der Waals surface area contributed by atoms with Gasteiger partial charge in [0.05, 0.1) is 31.0 Å². The lowest BCUT2D eigenvalue weighted by molar-refractivity contribution is 0.0876. The third kappa shape index (κ3) is 4.11. The van der Waals surface area contributed by atoms with Crippen molar-refractivity contribution in [1.82, 2.24) is 5.32 Å². The molecule has 4 N–H and O–H groups in total. The van der Waals surface area contributed by atoms with Crippen LogP contribution in [0.3, 0.4) is 0 Å². The highest BCUT2D eigenvalue weighted by Gasteiger charge is 2.18. The quantitative estimate of drug-likeness (QED) is 0.622. The Labute approximate surface area is 112 Å². The van der Waals surface area contributed by atoms with Crippen LogP contribution in [-0.2, 0) is 4.74 Å². The Kier molecular flexibility index (Phi) is 6.11. The summed E-state index contributed by atoms with van der Waals surface area (Å²) < 4.78 is 10.1. The zero-order chi connectivity index (χ0) is 14.3. The molecular formula is C13H20N2O4. The lowest BCUT2D eigenvalue weighted by Gasteiger charge is -2.18. The molecule has 19 heavy (non-hydrogen) atoms. The van der Waals surface area contributed by atoms with Gasteiger partial charge in [0.25, 0.3) is 5.91 Å². The van der Waals surface area contributed by atoms with Gasteiger partial charge in [-0.1, -0.05) is 6.07 Å². The van der Waals surface area contributed by atoms with Gasteiger partial charge in [0.15, 0.2) is 5.75 Å². The third-order valence-electron chi connectivity index (χ3n) is 2.67. The Bertz CT molecular complexity index is 417. The van der Waals surface area contributed by atoms with E-state index in [1.807, 2.05) is 0 Å². The number of anilines is 1. The third-order valence-corrected chi connectivity index (χ3v) is 2.67. The fourth-order valence-corrected chi connectivity index (χ4v) is 1.78. The summed E-state index contributed by atoms with van der Waals surface area (Å²) >= 11 is 0. The molecule has 0 aromatic heterocycles. The van der Waals surface area contributed by atoms with E-state index in [1.54, 1.807) is 18.2 Å². The Hall–Kier alpha value is -1.79. The Morgan fingerprint density at radius 2 is 2.21 bits per heavy atom. The molecule has 1 aromatic carbocycles. The number of rotatable bonds is 7. The first kappa shape index (κ1) is 15.3. The SMILES string of the molecule is COCC(CCO)NC(=O)c1cccc(N)c1OC. The first-order valence-corrected chi connectivity index (χ1v) is 5.97. The molecule has 0 aliphatic rings. The highest BCUT2D eigenvalue weighted by molar-refractivity contribution is 5.98. The summed E-state index contributed by atoms with van der Waals surface area (Å²) in [6, 6.07) is 4.72. The van der Waals surface area contributed by atoms with E-state index in [1.165, 1.54) is 14.2 Å². The largest absolute Gasteiger partial charge is 0.494 e. The monoisotopic (exact) mass is 268 g/mol. The molecule has 106 valence electrons. The average Bonchev–Trinajstić information content (AvgIpc) is 2.39. The Morgan fingerprint density at radius 3 is 2.79 bits per heavy atom. The number of amides is 1. The molecule has 0 aliphatic heterocycles. The number of ether oxygens (including phenoxy) is 2. The van der Waals surface area contributed by atoms with E-state index in [2.05, 4.69) is 5.32 Å². The number of nitrogen functional groups attached to an aromatic ring is 1. The minimum absolute atomic E-state index is 0.0254. The van der Waals surface area contributed by atoms with E-state index < -0.39 is 0 Å². The number of carbonyl (C=O) groups is 1. The Balaban J connectivity index is 2.84. The van der Waals surface area contributed by atoms with Crippen molar-refractivity contribution in [2.24, 2.45) is 0 Å². The molecule has 6 heteroatoms. The van der Waals surface area contributed by atoms with E-state index in [0.717, 1.165) is 0 Å². The summed E-state index contributed by atoms with van der Waals surface area (Å²) in [5.74, 6) is 0.0415. The molecule has 0 aliphatic carbocycles. The fraction of sp³-hybridized carbons (Fsp3) is 0.462. The van der Waals surface area contributed by atoms with Crippen molar-refractivity contribution in [3.63, 3.8) is 0 Å². The summed E-state index contributed by atoms with van der Waals surface area (Å²) in [4.78, 5) is 12.2. The van der Waals surface area contributed by atoms with Gasteiger partial charge in [-0.05, 0) is 18.6 Å². The average molecular weight is 268 g/mol. The predicted molar refractivity (Wildman–Crippen MR) is 72.2 cm³/mol. The van der Waals surface area contributed by atoms with Crippen molar-refractivity contribution in [3.05, 3.63) is 23.8 Å². The van der Waals surface area contributed by atoms with Crippen LogP contribution in [0.1, 0.15) is 16.8 Å². The molecule has 1 amide bonds. The molecule has 0 heterocycles. The van der Waals surface area contributed by atoms with Gasteiger partial charge >= 0.3 is 0 Å². The fourth-order valence-electron chi connectivity index (χ4n) is 1.78. The predicted octanol–water partition coefficient (Wildman–Crippen LogP) is 0.405. The highest BCUT2D eigenvalue weighted by atomic mass is 16.5. The van der Waals surface area contributed by atoms with Crippen LogP contribution in [-0.4, -0.2) is 44.5 Å². The topological polar surface area (TPSA) is 93.8 Å². The van der Waals surface area contributed by atoms with Gasteiger partial charge < -0.3 is 25.6 Å². The van der Waals surface area contributed by atoms with Gasteiger partial charge in [0.2, 0.25) is 0 Å². The second-order valence-corrected chi connectivity index (χ2v) is 4.07. The molecule has 1 atom stereocenters. The van der Waals surface area contributed by atoms with E-state index >= 15 is 0 Å².